The molecule has 4 nitrogen and oxygen atoms in total. The third-order valence-electron chi connectivity index (χ3n) is 3.15. The molecule has 0 radical (unpaired) electrons. The van der Waals surface area contributed by atoms with Crippen molar-refractivity contribution in [1.29, 1.82) is 0 Å². The molecule has 2 rings (SSSR count). The lowest BCUT2D eigenvalue weighted by atomic mass is 10.2. The molecule has 1 amide bonds. The Labute approximate surface area is 117 Å². The van der Waals surface area contributed by atoms with E-state index >= 15 is 0 Å². The van der Waals surface area contributed by atoms with Gasteiger partial charge in [0.2, 0.25) is 5.91 Å². The summed E-state index contributed by atoms with van der Waals surface area (Å²) in [6.45, 7) is 4.78. The first-order valence-electron chi connectivity index (χ1n) is 6.52. The van der Waals surface area contributed by atoms with Gasteiger partial charge in [0.15, 0.2) is 0 Å². The van der Waals surface area contributed by atoms with E-state index in [0.29, 0.717) is 6.54 Å². The van der Waals surface area contributed by atoms with Gasteiger partial charge in [-0.05, 0) is 42.8 Å². The summed E-state index contributed by atoms with van der Waals surface area (Å²) in [5.41, 5.74) is 1.30. The van der Waals surface area contributed by atoms with Crippen molar-refractivity contribution in [2.45, 2.75) is 32.7 Å². The van der Waals surface area contributed by atoms with Crippen LogP contribution in [0.2, 0.25) is 0 Å². The molecule has 0 unspecified atom stereocenters. The van der Waals surface area contributed by atoms with Gasteiger partial charge in [-0.25, -0.2) is 0 Å². The van der Waals surface area contributed by atoms with Crippen LogP contribution in [-0.4, -0.2) is 22.2 Å². The predicted molar refractivity (Wildman–Crippen MR) is 77.3 cm³/mol. The molecule has 0 spiro atoms. The lowest BCUT2D eigenvalue weighted by Crippen LogP contribution is -2.33. The number of hydrogen-bond acceptors (Lipinski definition) is 3. The normalized spacial score (nSPS) is 12.3. The highest BCUT2D eigenvalue weighted by Gasteiger charge is 2.17. The van der Waals surface area contributed by atoms with Gasteiger partial charge in [-0.1, -0.05) is 6.92 Å². The van der Waals surface area contributed by atoms with Crippen LogP contribution in [0.4, 0.5) is 0 Å². The van der Waals surface area contributed by atoms with Crippen LogP contribution < -0.4 is 5.32 Å². The Bertz CT molecular complexity index is 519. The zero-order valence-electron chi connectivity index (χ0n) is 11.3. The van der Waals surface area contributed by atoms with Crippen LogP contribution in [0.15, 0.2) is 29.9 Å². The number of rotatable bonds is 6. The molecule has 1 N–H and O–H groups in total. The van der Waals surface area contributed by atoms with Crippen molar-refractivity contribution in [1.82, 2.24) is 15.1 Å². The number of amides is 1. The van der Waals surface area contributed by atoms with E-state index in [0.717, 1.165) is 12.8 Å². The van der Waals surface area contributed by atoms with Crippen LogP contribution in [0.25, 0.3) is 0 Å². The van der Waals surface area contributed by atoms with Crippen molar-refractivity contribution in [2.75, 3.05) is 6.54 Å². The minimum atomic E-state index is -0.209. The second kappa shape index (κ2) is 6.52. The maximum atomic E-state index is 12.1. The van der Waals surface area contributed by atoms with Crippen LogP contribution in [0, 0.1) is 6.92 Å². The first kappa shape index (κ1) is 13.8. The van der Waals surface area contributed by atoms with Gasteiger partial charge >= 0.3 is 0 Å². The first-order valence-corrected chi connectivity index (χ1v) is 7.40. The molecular formula is C14H19N3OS. The lowest BCUT2D eigenvalue weighted by molar-refractivity contribution is -0.124. The average Bonchev–Trinajstić information content (AvgIpc) is 3.03. The molecule has 2 aromatic heterocycles. The van der Waals surface area contributed by atoms with Crippen LogP contribution in [0.5, 0.6) is 0 Å². The summed E-state index contributed by atoms with van der Waals surface area (Å²) in [4.78, 5) is 13.5. The van der Waals surface area contributed by atoms with E-state index in [1.54, 1.807) is 22.2 Å². The van der Waals surface area contributed by atoms with Crippen LogP contribution in [0.1, 0.15) is 29.8 Å². The third kappa shape index (κ3) is 3.44. The summed E-state index contributed by atoms with van der Waals surface area (Å²) in [6.07, 6.45) is 5.17. The van der Waals surface area contributed by atoms with Crippen molar-refractivity contribution < 1.29 is 4.79 Å². The first-order chi connectivity index (χ1) is 9.22. The average molecular weight is 277 g/mol. The second-order valence-electron chi connectivity index (χ2n) is 4.48. The Kier molecular flexibility index (Phi) is 4.74. The van der Waals surface area contributed by atoms with E-state index in [1.165, 1.54) is 10.4 Å². The number of nitrogens with one attached hydrogen (secondary N) is 1. The Morgan fingerprint density at radius 3 is 3.00 bits per heavy atom. The number of hydrogen-bond donors (Lipinski definition) is 1. The van der Waals surface area contributed by atoms with E-state index in [4.69, 9.17) is 0 Å². The second-order valence-corrected chi connectivity index (χ2v) is 5.48. The highest BCUT2D eigenvalue weighted by molar-refractivity contribution is 7.10. The van der Waals surface area contributed by atoms with E-state index in [1.807, 2.05) is 19.2 Å². The zero-order chi connectivity index (χ0) is 13.7. The molecule has 0 saturated heterocycles. The molecular weight excluding hydrogens is 258 g/mol. The fourth-order valence-electron chi connectivity index (χ4n) is 2.03. The summed E-state index contributed by atoms with van der Waals surface area (Å²) >= 11 is 1.74. The Morgan fingerprint density at radius 2 is 2.42 bits per heavy atom. The molecule has 1 atom stereocenters. The van der Waals surface area contributed by atoms with Crippen molar-refractivity contribution in [3.05, 3.63) is 40.3 Å². The van der Waals surface area contributed by atoms with E-state index in [2.05, 4.69) is 28.8 Å². The van der Waals surface area contributed by atoms with Gasteiger partial charge in [0, 0.05) is 23.8 Å². The highest BCUT2D eigenvalue weighted by atomic mass is 32.1. The molecule has 2 aromatic rings. The maximum absolute atomic E-state index is 12.1. The van der Waals surface area contributed by atoms with Gasteiger partial charge < -0.3 is 5.32 Å². The summed E-state index contributed by atoms with van der Waals surface area (Å²) in [7, 11) is 0. The molecule has 102 valence electrons. The van der Waals surface area contributed by atoms with E-state index in [9.17, 15) is 4.79 Å². The van der Waals surface area contributed by atoms with Crippen LogP contribution in [-0.2, 0) is 11.2 Å². The molecule has 2 heterocycles. The predicted octanol–water partition coefficient (Wildman–Crippen LogP) is 2.56. The molecule has 0 aliphatic heterocycles. The molecule has 0 aliphatic carbocycles. The van der Waals surface area contributed by atoms with Crippen molar-refractivity contribution in [3.63, 3.8) is 0 Å². The lowest BCUT2D eigenvalue weighted by Gasteiger charge is -2.15. The van der Waals surface area contributed by atoms with Crippen LogP contribution in [0.3, 0.4) is 0 Å². The summed E-state index contributed by atoms with van der Waals surface area (Å²) in [5, 5.41) is 9.22. The SMILES string of the molecule is CC[C@H](C(=O)NCCc1sccc1C)n1cccn1. The third-order valence-corrected chi connectivity index (χ3v) is 4.24. The number of nitrogens with zero attached hydrogens (tertiary/aromatic N) is 2. The van der Waals surface area contributed by atoms with Gasteiger partial charge in [-0.2, -0.15) is 5.10 Å². The molecule has 0 bridgehead atoms. The number of thiophene rings is 1. The van der Waals surface area contributed by atoms with E-state index < -0.39 is 0 Å². The van der Waals surface area contributed by atoms with Gasteiger partial charge in [0.05, 0.1) is 0 Å². The molecule has 0 fully saturated rings. The van der Waals surface area contributed by atoms with Gasteiger partial charge in [0.1, 0.15) is 6.04 Å². The Balaban J connectivity index is 1.85. The summed E-state index contributed by atoms with van der Waals surface area (Å²) < 4.78 is 1.71. The summed E-state index contributed by atoms with van der Waals surface area (Å²) in [6, 6.07) is 3.74. The number of aryl methyl sites for hydroxylation is 1. The number of carbonyl (C=O) groups is 1. The molecule has 0 aliphatic rings. The highest BCUT2D eigenvalue weighted by Crippen LogP contribution is 2.15. The monoisotopic (exact) mass is 277 g/mol. The molecule has 0 aromatic carbocycles. The smallest absolute Gasteiger partial charge is 0.244 e. The maximum Gasteiger partial charge on any atom is 0.244 e. The fraction of sp³-hybridized carbons (Fsp3) is 0.429. The van der Waals surface area contributed by atoms with Gasteiger partial charge in [-0.3, -0.25) is 9.48 Å². The largest absolute Gasteiger partial charge is 0.354 e. The van der Waals surface area contributed by atoms with Gasteiger partial charge in [0.25, 0.3) is 0 Å². The molecule has 5 heteroatoms. The minimum absolute atomic E-state index is 0.0420. The minimum Gasteiger partial charge on any atom is -0.354 e. The van der Waals surface area contributed by atoms with Gasteiger partial charge in [-0.15, -0.1) is 11.3 Å². The topological polar surface area (TPSA) is 46.9 Å². The number of carbonyl (C=O) groups excluding carboxylic acids is 1. The standard InChI is InChI=1S/C14H19N3OS/c1-3-12(17-9-4-7-16-17)14(18)15-8-5-13-11(2)6-10-19-13/h4,6-7,9-10,12H,3,5,8H2,1-2H3,(H,15,18)/t12-/m1/s1. The quantitative estimate of drug-likeness (QED) is 0.882. The molecule has 0 saturated carbocycles. The Morgan fingerprint density at radius 1 is 1.58 bits per heavy atom. The number of aromatic nitrogens is 2. The van der Waals surface area contributed by atoms with Crippen molar-refractivity contribution in [3.8, 4) is 0 Å². The van der Waals surface area contributed by atoms with E-state index in [-0.39, 0.29) is 11.9 Å². The van der Waals surface area contributed by atoms with Crippen molar-refractivity contribution in [2.24, 2.45) is 0 Å². The Hall–Kier alpha value is -1.62. The fourth-order valence-corrected chi connectivity index (χ4v) is 2.95. The zero-order valence-corrected chi connectivity index (χ0v) is 12.1. The summed E-state index contributed by atoms with van der Waals surface area (Å²) in [5.74, 6) is 0.0420. The molecule has 19 heavy (non-hydrogen) atoms. The van der Waals surface area contributed by atoms with Crippen molar-refractivity contribution >= 4 is 17.2 Å². The van der Waals surface area contributed by atoms with Crippen LogP contribution >= 0.6 is 11.3 Å².